The fourth-order valence-corrected chi connectivity index (χ4v) is 4.68. The monoisotopic (exact) mass is 416 g/mol. The van der Waals surface area contributed by atoms with Crippen LogP contribution in [-0.4, -0.2) is 27.7 Å². The van der Waals surface area contributed by atoms with E-state index in [4.69, 9.17) is 0 Å². The Morgan fingerprint density at radius 1 is 1.04 bits per heavy atom. The molecule has 1 saturated carbocycles. The highest BCUT2D eigenvalue weighted by Gasteiger charge is 2.26. The topological polar surface area (TPSA) is 59.0 Å². The Bertz CT molecular complexity index is 752. The van der Waals surface area contributed by atoms with E-state index >= 15 is 0 Å². The summed E-state index contributed by atoms with van der Waals surface area (Å²) in [7, 11) is 0. The van der Waals surface area contributed by atoms with Crippen LogP contribution in [0.25, 0.3) is 0 Å². The zero-order valence-electron chi connectivity index (χ0n) is 14.8. The average molecular weight is 417 g/mol. The molecule has 1 fully saturated rings. The van der Waals surface area contributed by atoms with Gasteiger partial charge in [-0.1, -0.05) is 30.3 Å². The van der Waals surface area contributed by atoms with E-state index < -0.39 is 0 Å². The molecule has 1 atom stereocenters. The van der Waals surface area contributed by atoms with Gasteiger partial charge in [-0.25, -0.2) is 9.78 Å². The fourth-order valence-electron chi connectivity index (χ4n) is 4.22. The van der Waals surface area contributed by atoms with Crippen molar-refractivity contribution in [2.45, 2.75) is 63.1 Å². The molecule has 0 bridgehead atoms. The van der Waals surface area contributed by atoms with Crippen LogP contribution in [0.4, 0.5) is 4.79 Å². The standard InChI is InChI=1S/C20H25BrN4O/c21-18-12-22-19-11-10-17(13-25(18)19)24-20(26)23-16-8-6-15(7-9-16)14-4-2-1-3-5-14/h1-5,12,15-17H,6-11,13H2,(H2,23,24,26). The number of imidazole rings is 1. The molecule has 1 aliphatic heterocycles. The normalized spacial score (nSPS) is 25.3. The van der Waals surface area contributed by atoms with Gasteiger partial charge < -0.3 is 15.2 Å². The van der Waals surface area contributed by atoms with Crippen LogP contribution < -0.4 is 10.6 Å². The Morgan fingerprint density at radius 2 is 1.77 bits per heavy atom. The van der Waals surface area contributed by atoms with E-state index in [1.54, 1.807) is 0 Å². The molecule has 1 unspecified atom stereocenters. The van der Waals surface area contributed by atoms with E-state index in [0.29, 0.717) is 5.92 Å². The van der Waals surface area contributed by atoms with Gasteiger partial charge in [0.05, 0.1) is 6.20 Å². The fraction of sp³-hybridized carbons (Fsp3) is 0.500. The van der Waals surface area contributed by atoms with Gasteiger partial charge in [0, 0.05) is 25.0 Å². The molecule has 1 aromatic heterocycles. The number of urea groups is 1. The highest BCUT2D eigenvalue weighted by atomic mass is 79.9. The Kier molecular flexibility index (Phi) is 5.29. The first-order valence-electron chi connectivity index (χ1n) is 9.51. The van der Waals surface area contributed by atoms with Gasteiger partial charge in [0.2, 0.25) is 0 Å². The maximum Gasteiger partial charge on any atom is 0.315 e. The molecule has 2 amide bonds. The number of aromatic nitrogens is 2. The van der Waals surface area contributed by atoms with E-state index in [0.717, 1.165) is 55.5 Å². The molecular weight excluding hydrogens is 392 g/mol. The Balaban J connectivity index is 1.24. The molecule has 4 rings (SSSR count). The summed E-state index contributed by atoms with van der Waals surface area (Å²) in [6.45, 7) is 0.782. The SMILES string of the molecule is O=C(NC1CCC(c2ccccc2)CC1)NC1CCc2ncc(Br)n2C1. The lowest BCUT2D eigenvalue weighted by atomic mass is 9.82. The third-order valence-electron chi connectivity index (χ3n) is 5.68. The first-order valence-corrected chi connectivity index (χ1v) is 10.3. The molecule has 5 nitrogen and oxygen atoms in total. The van der Waals surface area contributed by atoms with Crippen LogP contribution in [0.5, 0.6) is 0 Å². The molecule has 1 aliphatic carbocycles. The van der Waals surface area contributed by atoms with E-state index in [1.165, 1.54) is 5.56 Å². The van der Waals surface area contributed by atoms with E-state index in [9.17, 15) is 4.79 Å². The molecule has 2 aromatic rings. The van der Waals surface area contributed by atoms with Gasteiger partial charge in [-0.05, 0) is 59.5 Å². The number of benzene rings is 1. The van der Waals surface area contributed by atoms with E-state index in [2.05, 4.69) is 66.4 Å². The van der Waals surface area contributed by atoms with Crippen molar-refractivity contribution in [2.75, 3.05) is 0 Å². The van der Waals surface area contributed by atoms with Crippen LogP contribution in [0.1, 0.15) is 49.4 Å². The van der Waals surface area contributed by atoms with Gasteiger partial charge >= 0.3 is 6.03 Å². The molecule has 0 radical (unpaired) electrons. The number of halogens is 1. The molecule has 0 saturated heterocycles. The molecule has 6 heteroatoms. The minimum atomic E-state index is -0.0298. The summed E-state index contributed by atoms with van der Waals surface area (Å²) in [5.74, 6) is 1.72. The first kappa shape index (κ1) is 17.6. The molecule has 26 heavy (non-hydrogen) atoms. The van der Waals surface area contributed by atoms with Crippen molar-refractivity contribution in [2.24, 2.45) is 0 Å². The zero-order chi connectivity index (χ0) is 17.9. The van der Waals surface area contributed by atoms with Crippen LogP contribution in [0.3, 0.4) is 0 Å². The van der Waals surface area contributed by atoms with E-state index in [-0.39, 0.29) is 18.1 Å². The first-order chi connectivity index (χ1) is 12.7. The van der Waals surface area contributed by atoms with Crippen LogP contribution in [0.15, 0.2) is 41.1 Å². The maximum atomic E-state index is 12.4. The lowest BCUT2D eigenvalue weighted by molar-refractivity contribution is 0.223. The lowest BCUT2D eigenvalue weighted by Crippen LogP contribution is -2.49. The summed E-state index contributed by atoms with van der Waals surface area (Å²) in [5.41, 5.74) is 1.43. The van der Waals surface area contributed by atoms with Gasteiger partial charge in [-0.15, -0.1) is 0 Å². The van der Waals surface area contributed by atoms with Gasteiger partial charge in [0.25, 0.3) is 0 Å². The molecular formula is C20H25BrN4O. The van der Waals surface area contributed by atoms with Crippen molar-refractivity contribution < 1.29 is 4.79 Å². The number of hydrogen-bond acceptors (Lipinski definition) is 2. The maximum absolute atomic E-state index is 12.4. The number of nitrogens with one attached hydrogen (secondary N) is 2. The summed E-state index contributed by atoms with van der Waals surface area (Å²) < 4.78 is 3.12. The van der Waals surface area contributed by atoms with Crippen LogP contribution in [-0.2, 0) is 13.0 Å². The zero-order valence-corrected chi connectivity index (χ0v) is 16.4. The second-order valence-electron chi connectivity index (χ2n) is 7.42. The summed E-state index contributed by atoms with van der Waals surface area (Å²) in [6, 6.07) is 11.1. The number of amides is 2. The van der Waals surface area contributed by atoms with Gasteiger partial charge in [0.15, 0.2) is 0 Å². The lowest BCUT2D eigenvalue weighted by Gasteiger charge is -2.31. The number of nitrogens with zero attached hydrogens (tertiary/aromatic N) is 2. The summed E-state index contributed by atoms with van der Waals surface area (Å²) >= 11 is 3.52. The van der Waals surface area contributed by atoms with Crippen molar-refractivity contribution in [3.63, 3.8) is 0 Å². The smallest absolute Gasteiger partial charge is 0.315 e. The summed E-state index contributed by atoms with van der Waals surface area (Å²) in [6.07, 6.45) is 8.07. The summed E-state index contributed by atoms with van der Waals surface area (Å²) in [4.78, 5) is 16.8. The number of aryl methyl sites for hydroxylation is 1. The molecule has 2 N–H and O–H groups in total. The Morgan fingerprint density at radius 3 is 2.54 bits per heavy atom. The second-order valence-corrected chi connectivity index (χ2v) is 8.23. The van der Waals surface area contributed by atoms with Crippen molar-refractivity contribution >= 4 is 22.0 Å². The largest absolute Gasteiger partial charge is 0.335 e. The molecule has 2 aliphatic rings. The van der Waals surface area contributed by atoms with Crippen molar-refractivity contribution in [3.8, 4) is 0 Å². The number of carbonyl (C=O) groups is 1. The van der Waals surface area contributed by atoms with Crippen molar-refractivity contribution in [3.05, 3.63) is 52.5 Å². The number of carbonyl (C=O) groups excluding carboxylic acids is 1. The minimum Gasteiger partial charge on any atom is -0.335 e. The third-order valence-corrected chi connectivity index (χ3v) is 6.31. The molecule has 1 aromatic carbocycles. The van der Waals surface area contributed by atoms with Crippen LogP contribution >= 0.6 is 15.9 Å². The number of hydrogen-bond donors (Lipinski definition) is 2. The van der Waals surface area contributed by atoms with Gasteiger partial charge in [0.1, 0.15) is 10.4 Å². The molecule has 138 valence electrons. The highest BCUT2D eigenvalue weighted by Crippen LogP contribution is 2.32. The van der Waals surface area contributed by atoms with Crippen molar-refractivity contribution in [1.82, 2.24) is 20.2 Å². The predicted octanol–water partition coefficient (Wildman–Crippen LogP) is 3.99. The van der Waals surface area contributed by atoms with Gasteiger partial charge in [-0.3, -0.25) is 0 Å². The highest BCUT2D eigenvalue weighted by molar-refractivity contribution is 9.10. The summed E-state index contributed by atoms with van der Waals surface area (Å²) in [5, 5.41) is 6.33. The molecule has 2 heterocycles. The van der Waals surface area contributed by atoms with Crippen molar-refractivity contribution in [1.29, 1.82) is 0 Å². The average Bonchev–Trinajstić information content (AvgIpc) is 3.03. The third kappa shape index (κ3) is 3.95. The quantitative estimate of drug-likeness (QED) is 0.794. The van der Waals surface area contributed by atoms with E-state index in [1.807, 2.05) is 6.20 Å². The number of rotatable bonds is 3. The number of fused-ring (bicyclic) bond motifs is 1. The Labute approximate surface area is 162 Å². The predicted molar refractivity (Wildman–Crippen MR) is 105 cm³/mol. The molecule has 0 spiro atoms. The van der Waals surface area contributed by atoms with Gasteiger partial charge in [-0.2, -0.15) is 0 Å². The van der Waals surface area contributed by atoms with Crippen LogP contribution in [0, 0.1) is 0 Å². The van der Waals surface area contributed by atoms with Crippen LogP contribution in [0.2, 0.25) is 0 Å². The Hall–Kier alpha value is -1.82. The minimum absolute atomic E-state index is 0.0298. The second kappa shape index (κ2) is 7.82.